The van der Waals surface area contributed by atoms with Crippen LogP contribution in [0.3, 0.4) is 0 Å². The van der Waals surface area contributed by atoms with Crippen LogP contribution in [0.1, 0.15) is 51.2 Å². The second-order valence-electron chi connectivity index (χ2n) is 9.15. The van der Waals surface area contributed by atoms with Gasteiger partial charge >= 0.3 is 0 Å². The number of hydrogen-bond donors (Lipinski definition) is 1. The van der Waals surface area contributed by atoms with E-state index in [1.165, 1.54) is 11.6 Å². The number of hydrogen-bond acceptors (Lipinski definition) is 2. The first-order valence-corrected chi connectivity index (χ1v) is 11.1. The largest absolute Gasteiger partial charge is 0.353 e. The first-order chi connectivity index (χ1) is 14.2. The fourth-order valence-corrected chi connectivity index (χ4v) is 4.59. The van der Waals surface area contributed by atoms with E-state index in [0.29, 0.717) is 17.1 Å². The van der Waals surface area contributed by atoms with Crippen molar-refractivity contribution in [3.63, 3.8) is 0 Å². The van der Waals surface area contributed by atoms with Crippen molar-refractivity contribution in [2.75, 3.05) is 13.1 Å². The van der Waals surface area contributed by atoms with Gasteiger partial charge in [0.05, 0.1) is 0 Å². The highest BCUT2D eigenvalue weighted by Crippen LogP contribution is 2.28. The number of likely N-dealkylation sites (tertiary alicyclic amines) is 1. The molecule has 30 heavy (non-hydrogen) atoms. The molecule has 0 saturated carbocycles. The predicted octanol–water partition coefficient (Wildman–Crippen LogP) is 5.56. The first-order valence-electron chi connectivity index (χ1n) is 10.8. The summed E-state index contributed by atoms with van der Waals surface area (Å²) in [7, 11) is 0. The highest BCUT2D eigenvalue weighted by Gasteiger charge is 2.28. The smallest absolute Gasteiger partial charge is 0.223 e. The number of carbonyl (C=O) groups is 1. The maximum atomic E-state index is 14.0. The second kappa shape index (κ2) is 9.93. The van der Waals surface area contributed by atoms with Crippen LogP contribution in [0.15, 0.2) is 48.5 Å². The molecule has 1 heterocycles. The first kappa shape index (κ1) is 22.8. The summed E-state index contributed by atoms with van der Waals surface area (Å²) in [4.78, 5) is 15.0. The molecule has 1 N–H and O–H groups in total. The Hall–Kier alpha value is -1.91. The molecular weight excluding hydrogens is 399 g/mol. The van der Waals surface area contributed by atoms with Gasteiger partial charge in [-0.2, -0.15) is 0 Å². The highest BCUT2D eigenvalue weighted by atomic mass is 35.5. The van der Waals surface area contributed by atoms with Gasteiger partial charge in [-0.15, -0.1) is 0 Å². The number of amides is 1. The molecule has 0 aliphatic carbocycles. The lowest BCUT2D eigenvalue weighted by atomic mass is 9.79. The van der Waals surface area contributed by atoms with Crippen LogP contribution >= 0.6 is 11.6 Å². The zero-order chi connectivity index (χ0) is 21.7. The van der Waals surface area contributed by atoms with Crippen molar-refractivity contribution in [1.29, 1.82) is 0 Å². The van der Waals surface area contributed by atoms with E-state index < -0.39 is 0 Å². The van der Waals surface area contributed by atoms with Crippen molar-refractivity contribution < 1.29 is 9.18 Å². The molecule has 1 atom stereocenters. The van der Waals surface area contributed by atoms with Crippen LogP contribution in [0.2, 0.25) is 5.02 Å². The van der Waals surface area contributed by atoms with Gasteiger partial charge in [-0.3, -0.25) is 9.69 Å². The molecule has 1 amide bonds. The minimum atomic E-state index is -0.266. The van der Waals surface area contributed by atoms with Crippen molar-refractivity contribution >= 4 is 17.5 Å². The summed E-state index contributed by atoms with van der Waals surface area (Å²) in [5.41, 5.74) is 1.94. The molecule has 1 fully saturated rings. The third kappa shape index (κ3) is 6.05. The summed E-state index contributed by atoms with van der Waals surface area (Å²) in [5.74, 6) is -0.0977. The van der Waals surface area contributed by atoms with Crippen molar-refractivity contribution in [2.24, 2.45) is 5.92 Å². The quantitative estimate of drug-likeness (QED) is 0.623. The number of nitrogens with zero attached hydrogens (tertiary/aromatic N) is 1. The summed E-state index contributed by atoms with van der Waals surface area (Å²) < 4.78 is 14.0. The SMILES string of the molecule is CC(CC(C)(C)c1ccccc1)NC(=O)C1CCN(Cc2ccc(Cl)cc2F)CC1. The molecule has 1 aliphatic heterocycles. The van der Waals surface area contributed by atoms with Gasteiger partial charge in [-0.1, -0.05) is 61.8 Å². The third-order valence-corrected chi connectivity index (χ3v) is 6.36. The van der Waals surface area contributed by atoms with Gasteiger partial charge in [0, 0.05) is 29.1 Å². The monoisotopic (exact) mass is 430 g/mol. The summed E-state index contributed by atoms with van der Waals surface area (Å²) in [5, 5.41) is 3.64. The maximum Gasteiger partial charge on any atom is 0.223 e. The van der Waals surface area contributed by atoms with Gasteiger partial charge in [-0.05, 0) is 62.4 Å². The fourth-order valence-electron chi connectivity index (χ4n) is 4.43. The number of piperidine rings is 1. The van der Waals surface area contributed by atoms with Gasteiger partial charge in [0.2, 0.25) is 5.91 Å². The Bertz CT molecular complexity index is 847. The summed E-state index contributed by atoms with van der Waals surface area (Å²) >= 11 is 5.83. The van der Waals surface area contributed by atoms with Crippen LogP contribution in [0.25, 0.3) is 0 Å². The van der Waals surface area contributed by atoms with Crippen LogP contribution in [0.4, 0.5) is 4.39 Å². The number of nitrogens with one attached hydrogen (secondary N) is 1. The van der Waals surface area contributed by atoms with Gasteiger partial charge in [0.25, 0.3) is 0 Å². The van der Waals surface area contributed by atoms with E-state index in [1.807, 2.05) is 6.07 Å². The minimum Gasteiger partial charge on any atom is -0.353 e. The molecule has 2 aromatic rings. The highest BCUT2D eigenvalue weighted by molar-refractivity contribution is 6.30. The standard InChI is InChI=1S/C25H32ClFN2O/c1-18(16-25(2,3)21-7-5-4-6-8-21)28-24(30)19-11-13-29(14-12-19)17-20-9-10-22(26)15-23(20)27/h4-10,15,18-19H,11-14,16-17H2,1-3H3,(H,28,30). The van der Waals surface area contributed by atoms with Gasteiger partial charge in [0.15, 0.2) is 0 Å². The molecule has 1 saturated heterocycles. The predicted molar refractivity (Wildman–Crippen MR) is 121 cm³/mol. The lowest BCUT2D eigenvalue weighted by molar-refractivity contribution is -0.127. The van der Waals surface area contributed by atoms with Gasteiger partial charge < -0.3 is 5.32 Å². The zero-order valence-corrected chi connectivity index (χ0v) is 18.9. The second-order valence-corrected chi connectivity index (χ2v) is 9.59. The number of halogens is 2. The Morgan fingerprint density at radius 1 is 1.20 bits per heavy atom. The summed E-state index contributed by atoms with van der Waals surface area (Å²) in [6, 6.07) is 15.4. The van der Waals surface area contributed by atoms with E-state index in [-0.39, 0.29) is 29.1 Å². The Morgan fingerprint density at radius 3 is 2.50 bits per heavy atom. The van der Waals surface area contributed by atoms with E-state index in [9.17, 15) is 9.18 Å². The van der Waals surface area contributed by atoms with Crippen molar-refractivity contribution in [3.8, 4) is 0 Å². The average Bonchev–Trinajstić information content (AvgIpc) is 2.71. The average molecular weight is 431 g/mol. The van der Waals surface area contributed by atoms with Crippen LogP contribution in [-0.2, 0) is 16.8 Å². The van der Waals surface area contributed by atoms with E-state index in [0.717, 1.165) is 32.4 Å². The van der Waals surface area contributed by atoms with E-state index in [1.54, 1.807) is 12.1 Å². The fraction of sp³-hybridized carbons (Fsp3) is 0.480. The Balaban J connectivity index is 1.47. The Kier molecular flexibility index (Phi) is 7.54. The Labute approximate surface area is 184 Å². The normalized spacial score (nSPS) is 17.0. The summed E-state index contributed by atoms with van der Waals surface area (Å²) in [6.45, 7) is 8.67. The molecule has 162 valence electrons. The van der Waals surface area contributed by atoms with E-state index in [2.05, 4.69) is 55.3 Å². The van der Waals surface area contributed by atoms with Crippen molar-refractivity contribution in [1.82, 2.24) is 10.2 Å². The summed E-state index contributed by atoms with van der Waals surface area (Å²) in [6.07, 6.45) is 2.49. The molecule has 3 nitrogen and oxygen atoms in total. The molecule has 0 bridgehead atoms. The van der Waals surface area contributed by atoms with Crippen LogP contribution in [-0.4, -0.2) is 29.9 Å². The molecular formula is C25H32ClFN2O. The number of carbonyl (C=O) groups excluding carboxylic acids is 1. The van der Waals surface area contributed by atoms with Gasteiger partial charge in [-0.25, -0.2) is 4.39 Å². The maximum absolute atomic E-state index is 14.0. The lowest BCUT2D eigenvalue weighted by Gasteiger charge is -2.33. The molecule has 0 aromatic heterocycles. The molecule has 3 rings (SSSR count). The van der Waals surface area contributed by atoms with E-state index >= 15 is 0 Å². The third-order valence-electron chi connectivity index (χ3n) is 6.13. The molecule has 5 heteroatoms. The van der Waals surface area contributed by atoms with Crippen molar-refractivity contribution in [2.45, 2.75) is 58.0 Å². The molecule has 1 unspecified atom stereocenters. The van der Waals surface area contributed by atoms with Crippen LogP contribution in [0, 0.1) is 11.7 Å². The van der Waals surface area contributed by atoms with Crippen molar-refractivity contribution in [3.05, 3.63) is 70.5 Å². The number of benzene rings is 2. The topological polar surface area (TPSA) is 32.3 Å². The lowest BCUT2D eigenvalue weighted by Crippen LogP contribution is -2.44. The number of rotatable bonds is 7. The molecule has 1 aliphatic rings. The Morgan fingerprint density at radius 2 is 1.87 bits per heavy atom. The minimum absolute atomic E-state index is 0.0000260. The van der Waals surface area contributed by atoms with Crippen LogP contribution in [0.5, 0.6) is 0 Å². The van der Waals surface area contributed by atoms with E-state index in [4.69, 9.17) is 11.6 Å². The molecule has 2 aromatic carbocycles. The van der Waals surface area contributed by atoms with Crippen LogP contribution < -0.4 is 5.32 Å². The van der Waals surface area contributed by atoms with Gasteiger partial charge in [0.1, 0.15) is 5.82 Å². The molecule has 0 spiro atoms. The molecule has 0 radical (unpaired) electrons. The zero-order valence-electron chi connectivity index (χ0n) is 18.1.